The van der Waals surface area contributed by atoms with Gasteiger partial charge in [0.25, 0.3) is 0 Å². The van der Waals surface area contributed by atoms with Gasteiger partial charge in [-0.15, -0.1) is 0 Å². The van der Waals surface area contributed by atoms with E-state index in [-0.39, 0.29) is 5.91 Å². The topological polar surface area (TPSA) is 46.9 Å². The lowest BCUT2D eigenvalue weighted by Gasteiger charge is -2.06. The number of amides is 1. The number of carbonyl (C=O) groups is 1. The van der Waals surface area contributed by atoms with Crippen molar-refractivity contribution in [2.75, 3.05) is 5.32 Å². The first-order valence-corrected chi connectivity index (χ1v) is 9.21. The van der Waals surface area contributed by atoms with Crippen molar-refractivity contribution in [1.29, 1.82) is 0 Å². The van der Waals surface area contributed by atoms with Gasteiger partial charge in [-0.3, -0.25) is 9.48 Å². The minimum absolute atomic E-state index is 0.210. The molecule has 0 aliphatic rings. The van der Waals surface area contributed by atoms with Crippen LogP contribution in [0.3, 0.4) is 0 Å². The van der Waals surface area contributed by atoms with Crippen LogP contribution in [0.4, 0.5) is 5.69 Å². The molecule has 3 rings (SSSR count). The molecule has 0 bridgehead atoms. The largest absolute Gasteiger partial charge is 0.319 e. The van der Waals surface area contributed by atoms with Gasteiger partial charge in [0, 0.05) is 16.1 Å². The third-order valence-electron chi connectivity index (χ3n) is 4.15. The maximum Gasteiger partial charge on any atom is 0.248 e. The van der Waals surface area contributed by atoms with E-state index in [9.17, 15) is 4.79 Å². The second-order valence-corrected chi connectivity index (χ2v) is 7.08. The molecule has 0 saturated carbocycles. The molecule has 4 nitrogen and oxygen atoms in total. The molecule has 138 valence electrons. The molecule has 6 heteroatoms. The SMILES string of the molecule is Cc1nn(Cc2cccc(Cl)c2)c(C)c1NC(=O)C=Cc1ccc(Cl)cc1. The number of nitrogens with one attached hydrogen (secondary N) is 1. The Kier molecular flexibility index (Phi) is 5.99. The summed E-state index contributed by atoms with van der Waals surface area (Å²) in [5, 5.41) is 8.80. The first-order chi connectivity index (χ1) is 12.9. The predicted molar refractivity (Wildman–Crippen MR) is 111 cm³/mol. The van der Waals surface area contributed by atoms with Crippen LogP contribution in [0.25, 0.3) is 6.08 Å². The van der Waals surface area contributed by atoms with Crippen molar-refractivity contribution in [3.05, 3.63) is 87.2 Å². The lowest BCUT2D eigenvalue weighted by Crippen LogP contribution is -2.10. The molecule has 3 aromatic rings. The molecule has 27 heavy (non-hydrogen) atoms. The molecule has 0 fully saturated rings. The van der Waals surface area contributed by atoms with Gasteiger partial charge in [-0.05, 0) is 55.3 Å². The summed E-state index contributed by atoms with van der Waals surface area (Å²) in [5.74, 6) is -0.210. The number of benzene rings is 2. The number of aryl methyl sites for hydroxylation is 1. The van der Waals surface area contributed by atoms with E-state index < -0.39 is 0 Å². The maximum atomic E-state index is 12.3. The zero-order valence-electron chi connectivity index (χ0n) is 15.0. The van der Waals surface area contributed by atoms with Crippen LogP contribution in [0.2, 0.25) is 10.0 Å². The first-order valence-electron chi connectivity index (χ1n) is 8.45. The van der Waals surface area contributed by atoms with Gasteiger partial charge in [0.15, 0.2) is 0 Å². The van der Waals surface area contributed by atoms with Gasteiger partial charge in [-0.2, -0.15) is 5.10 Å². The fourth-order valence-corrected chi connectivity index (χ4v) is 3.09. The Morgan fingerprint density at radius 2 is 1.85 bits per heavy atom. The van der Waals surface area contributed by atoms with E-state index in [2.05, 4.69) is 10.4 Å². The van der Waals surface area contributed by atoms with Crippen LogP contribution < -0.4 is 5.32 Å². The molecular formula is C21H19Cl2N3O. The van der Waals surface area contributed by atoms with Crippen LogP contribution in [0.15, 0.2) is 54.6 Å². The minimum atomic E-state index is -0.210. The molecule has 2 aromatic carbocycles. The normalized spacial score (nSPS) is 11.1. The van der Waals surface area contributed by atoms with Gasteiger partial charge < -0.3 is 5.32 Å². The molecule has 0 spiro atoms. The first kappa shape index (κ1) is 19.2. The van der Waals surface area contributed by atoms with Crippen molar-refractivity contribution in [3.8, 4) is 0 Å². The summed E-state index contributed by atoms with van der Waals surface area (Å²) in [6.45, 7) is 4.40. The lowest BCUT2D eigenvalue weighted by molar-refractivity contribution is -0.111. The van der Waals surface area contributed by atoms with Crippen molar-refractivity contribution in [2.45, 2.75) is 20.4 Å². The van der Waals surface area contributed by atoms with Crippen LogP contribution in [0.1, 0.15) is 22.5 Å². The van der Waals surface area contributed by atoms with Gasteiger partial charge in [-0.1, -0.05) is 47.5 Å². The van der Waals surface area contributed by atoms with E-state index in [0.717, 1.165) is 28.2 Å². The van der Waals surface area contributed by atoms with Crippen LogP contribution in [0.5, 0.6) is 0 Å². The molecule has 1 amide bonds. The van der Waals surface area contributed by atoms with Crippen molar-refractivity contribution >= 4 is 40.9 Å². The number of aromatic nitrogens is 2. The average molecular weight is 400 g/mol. The van der Waals surface area contributed by atoms with E-state index in [1.54, 1.807) is 18.2 Å². The Balaban J connectivity index is 1.72. The van der Waals surface area contributed by atoms with Crippen LogP contribution in [0, 0.1) is 13.8 Å². The third-order valence-corrected chi connectivity index (χ3v) is 4.64. The second-order valence-electron chi connectivity index (χ2n) is 6.21. The average Bonchev–Trinajstić information content (AvgIpc) is 2.89. The Morgan fingerprint density at radius 1 is 1.11 bits per heavy atom. The number of nitrogens with zero attached hydrogens (tertiary/aromatic N) is 2. The fourth-order valence-electron chi connectivity index (χ4n) is 2.75. The predicted octanol–water partition coefficient (Wildman–Crippen LogP) is 5.51. The van der Waals surface area contributed by atoms with Gasteiger partial charge in [-0.25, -0.2) is 0 Å². The second kappa shape index (κ2) is 8.42. The summed E-state index contributed by atoms with van der Waals surface area (Å²) in [4.78, 5) is 12.3. The van der Waals surface area contributed by atoms with Crippen molar-refractivity contribution < 1.29 is 4.79 Å². The van der Waals surface area contributed by atoms with Gasteiger partial charge >= 0.3 is 0 Å². The Labute approximate surface area is 168 Å². The van der Waals surface area contributed by atoms with E-state index in [1.165, 1.54) is 6.08 Å². The van der Waals surface area contributed by atoms with Crippen molar-refractivity contribution in [1.82, 2.24) is 9.78 Å². The molecule has 0 atom stereocenters. The van der Waals surface area contributed by atoms with E-state index >= 15 is 0 Å². The fraction of sp³-hybridized carbons (Fsp3) is 0.143. The van der Waals surface area contributed by atoms with Crippen molar-refractivity contribution in [3.63, 3.8) is 0 Å². The Hall–Kier alpha value is -2.56. The highest BCUT2D eigenvalue weighted by Gasteiger charge is 2.13. The number of anilines is 1. The van der Waals surface area contributed by atoms with Crippen LogP contribution in [-0.4, -0.2) is 15.7 Å². The molecule has 0 aliphatic heterocycles. The number of hydrogen-bond donors (Lipinski definition) is 1. The Bertz CT molecular complexity index is 991. The standard InChI is InChI=1S/C21H19Cl2N3O/c1-14-21(24-20(27)11-8-16-6-9-18(22)10-7-16)15(2)26(25-14)13-17-4-3-5-19(23)12-17/h3-12H,13H2,1-2H3,(H,24,27). The van der Waals surface area contributed by atoms with Crippen LogP contribution >= 0.6 is 23.2 Å². The quantitative estimate of drug-likeness (QED) is 0.575. The van der Waals surface area contributed by atoms with Crippen LogP contribution in [-0.2, 0) is 11.3 Å². The monoisotopic (exact) mass is 399 g/mol. The number of rotatable bonds is 5. The van der Waals surface area contributed by atoms with Crippen molar-refractivity contribution in [2.24, 2.45) is 0 Å². The highest BCUT2D eigenvalue weighted by atomic mass is 35.5. The van der Waals surface area contributed by atoms with E-state index in [0.29, 0.717) is 16.6 Å². The van der Waals surface area contributed by atoms with Gasteiger partial charge in [0.05, 0.1) is 23.6 Å². The number of carbonyl (C=O) groups excluding carboxylic acids is 1. The highest BCUT2D eigenvalue weighted by Crippen LogP contribution is 2.21. The summed E-state index contributed by atoms with van der Waals surface area (Å²) in [6, 6.07) is 14.9. The smallest absolute Gasteiger partial charge is 0.248 e. The zero-order chi connectivity index (χ0) is 19.4. The molecule has 0 aliphatic carbocycles. The molecule has 1 heterocycles. The van der Waals surface area contributed by atoms with Gasteiger partial charge in [0.1, 0.15) is 0 Å². The minimum Gasteiger partial charge on any atom is -0.319 e. The summed E-state index contributed by atoms with van der Waals surface area (Å²) in [6.07, 6.45) is 3.24. The third kappa shape index (κ3) is 5.00. The Morgan fingerprint density at radius 3 is 2.56 bits per heavy atom. The summed E-state index contributed by atoms with van der Waals surface area (Å²) >= 11 is 11.9. The molecule has 0 saturated heterocycles. The molecule has 1 aromatic heterocycles. The highest BCUT2D eigenvalue weighted by molar-refractivity contribution is 6.30. The maximum absolute atomic E-state index is 12.3. The summed E-state index contributed by atoms with van der Waals surface area (Å²) < 4.78 is 1.86. The number of hydrogen-bond acceptors (Lipinski definition) is 2. The van der Waals surface area contributed by atoms with E-state index in [4.69, 9.17) is 23.2 Å². The lowest BCUT2D eigenvalue weighted by atomic mass is 10.2. The van der Waals surface area contributed by atoms with Gasteiger partial charge in [0.2, 0.25) is 5.91 Å². The molecular weight excluding hydrogens is 381 g/mol. The summed E-state index contributed by atoms with van der Waals surface area (Å²) in [7, 11) is 0. The van der Waals surface area contributed by atoms with E-state index in [1.807, 2.05) is 54.9 Å². The molecule has 0 unspecified atom stereocenters. The zero-order valence-corrected chi connectivity index (χ0v) is 16.6. The number of halogens is 2. The summed E-state index contributed by atoms with van der Waals surface area (Å²) in [5.41, 5.74) is 4.33. The molecule has 0 radical (unpaired) electrons. The molecule has 1 N–H and O–H groups in total.